The monoisotopic (exact) mass is 287 g/mol. The number of ether oxygens (including phenoxy) is 1. The van der Waals surface area contributed by atoms with Gasteiger partial charge in [-0.05, 0) is 44.9 Å². The van der Waals surface area contributed by atoms with Gasteiger partial charge in [0.25, 0.3) is 0 Å². The van der Waals surface area contributed by atoms with Gasteiger partial charge in [-0.15, -0.1) is 0 Å². The summed E-state index contributed by atoms with van der Waals surface area (Å²) in [6.45, 7) is 8.38. The smallest absolute Gasteiger partial charge is 0.244 e. The minimum absolute atomic E-state index is 0.0998. The molecular formula is C17H21NO3. The molecule has 2 aromatic rings. The molecule has 1 N–H and O–H groups in total. The van der Waals surface area contributed by atoms with Crippen molar-refractivity contribution in [1.29, 1.82) is 0 Å². The first kappa shape index (κ1) is 15.2. The van der Waals surface area contributed by atoms with Gasteiger partial charge in [0.15, 0.2) is 0 Å². The number of allylic oxidation sites excluding steroid dienone is 1. The molecule has 0 spiro atoms. The van der Waals surface area contributed by atoms with Crippen LogP contribution in [0.15, 0.2) is 22.6 Å². The van der Waals surface area contributed by atoms with Crippen LogP contribution in [0.3, 0.4) is 0 Å². The molecule has 1 heterocycles. The summed E-state index contributed by atoms with van der Waals surface area (Å²) < 4.78 is 11.1. The largest absolute Gasteiger partial charge is 0.496 e. The number of carbonyl (C=O) groups is 1. The normalized spacial score (nSPS) is 11.8. The van der Waals surface area contributed by atoms with E-state index in [1.54, 1.807) is 13.2 Å². The third-order valence-electron chi connectivity index (χ3n) is 3.62. The van der Waals surface area contributed by atoms with Gasteiger partial charge >= 0.3 is 0 Å². The van der Waals surface area contributed by atoms with Crippen LogP contribution >= 0.6 is 0 Å². The molecule has 0 aliphatic carbocycles. The van der Waals surface area contributed by atoms with Gasteiger partial charge in [-0.1, -0.05) is 0 Å². The molecular weight excluding hydrogens is 266 g/mol. The summed E-state index contributed by atoms with van der Waals surface area (Å²) in [7, 11) is 1.62. The van der Waals surface area contributed by atoms with E-state index in [1.165, 1.54) is 0 Å². The predicted octanol–water partition coefficient (Wildman–Crippen LogP) is 3.60. The number of aryl methyl sites for hydroxylation is 2. The minimum atomic E-state index is -0.0998. The van der Waals surface area contributed by atoms with E-state index in [1.807, 2.05) is 39.8 Å². The highest BCUT2D eigenvalue weighted by Crippen LogP contribution is 2.34. The first-order valence-electron chi connectivity index (χ1n) is 7.02. The van der Waals surface area contributed by atoms with Crippen molar-refractivity contribution in [3.8, 4) is 5.75 Å². The third-order valence-corrected chi connectivity index (χ3v) is 3.62. The number of carbonyl (C=O) groups excluding carboxylic acids is 1. The van der Waals surface area contributed by atoms with Crippen LogP contribution in [-0.2, 0) is 4.79 Å². The highest BCUT2D eigenvalue weighted by atomic mass is 16.5. The molecule has 0 bridgehead atoms. The number of likely N-dealkylation sites (N-methyl/N-ethyl adjacent to an activating group) is 1. The molecule has 0 aliphatic heterocycles. The van der Waals surface area contributed by atoms with Crippen LogP contribution in [0.25, 0.3) is 16.5 Å². The second-order valence-corrected chi connectivity index (χ2v) is 5.05. The highest BCUT2D eigenvalue weighted by molar-refractivity contribution is 5.97. The number of rotatable bonds is 4. The Morgan fingerprint density at radius 3 is 2.71 bits per heavy atom. The molecule has 21 heavy (non-hydrogen) atoms. The van der Waals surface area contributed by atoms with E-state index in [-0.39, 0.29) is 5.91 Å². The van der Waals surface area contributed by atoms with Crippen molar-refractivity contribution in [2.75, 3.05) is 13.7 Å². The Kier molecular flexibility index (Phi) is 4.36. The van der Waals surface area contributed by atoms with Gasteiger partial charge < -0.3 is 14.5 Å². The lowest BCUT2D eigenvalue weighted by molar-refractivity contribution is -0.116. The van der Waals surface area contributed by atoms with Crippen LogP contribution in [0.1, 0.15) is 30.7 Å². The van der Waals surface area contributed by atoms with Crippen LogP contribution in [-0.4, -0.2) is 19.6 Å². The molecule has 0 unspecified atom stereocenters. The average Bonchev–Trinajstić information content (AvgIpc) is 2.72. The molecule has 0 saturated heterocycles. The lowest BCUT2D eigenvalue weighted by Crippen LogP contribution is -2.20. The summed E-state index contributed by atoms with van der Waals surface area (Å²) in [5.41, 5.74) is 3.68. The number of amides is 1. The van der Waals surface area contributed by atoms with Crippen LogP contribution in [0.4, 0.5) is 0 Å². The number of furan rings is 1. The topological polar surface area (TPSA) is 51.5 Å². The molecule has 4 nitrogen and oxygen atoms in total. The highest BCUT2D eigenvalue weighted by Gasteiger charge is 2.14. The van der Waals surface area contributed by atoms with E-state index in [0.29, 0.717) is 12.3 Å². The fourth-order valence-corrected chi connectivity index (χ4v) is 2.35. The van der Waals surface area contributed by atoms with E-state index in [9.17, 15) is 4.79 Å². The van der Waals surface area contributed by atoms with Crippen LogP contribution in [0.2, 0.25) is 0 Å². The second kappa shape index (κ2) is 6.04. The van der Waals surface area contributed by atoms with Crippen molar-refractivity contribution in [3.63, 3.8) is 0 Å². The summed E-state index contributed by atoms with van der Waals surface area (Å²) in [6, 6.07) is 3.89. The third kappa shape index (κ3) is 2.94. The molecule has 0 radical (unpaired) electrons. The number of nitrogens with one attached hydrogen (secondary N) is 1. The maximum Gasteiger partial charge on any atom is 0.244 e. The molecule has 1 aromatic carbocycles. The van der Waals surface area contributed by atoms with Gasteiger partial charge in [0.2, 0.25) is 5.91 Å². The van der Waals surface area contributed by atoms with Gasteiger partial charge in [-0.2, -0.15) is 0 Å². The lowest BCUT2D eigenvalue weighted by atomic mass is 10.0. The zero-order valence-electron chi connectivity index (χ0n) is 13.2. The van der Waals surface area contributed by atoms with Gasteiger partial charge in [0.05, 0.1) is 7.11 Å². The Labute approximate surface area is 124 Å². The molecule has 2 rings (SSSR count). The van der Waals surface area contributed by atoms with Crippen LogP contribution < -0.4 is 10.1 Å². The van der Waals surface area contributed by atoms with E-state index in [4.69, 9.17) is 9.15 Å². The van der Waals surface area contributed by atoms with Crippen molar-refractivity contribution in [2.24, 2.45) is 0 Å². The average molecular weight is 287 g/mol. The van der Waals surface area contributed by atoms with E-state index in [0.717, 1.165) is 33.4 Å². The van der Waals surface area contributed by atoms with Crippen molar-refractivity contribution < 1.29 is 13.9 Å². The predicted molar refractivity (Wildman–Crippen MR) is 84.6 cm³/mol. The Hall–Kier alpha value is -2.23. The fraction of sp³-hybridized carbons (Fsp3) is 0.353. The molecule has 0 atom stereocenters. The van der Waals surface area contributed by atoms with Crippen LogP contribution in [0.5, 0.6) is 5.75 Å². The maximum atomic E-state index is 11.7. The summed E-state index contributed by atoms with van der Waals surface area (Å²) in [6.07, 6.45) is 1.59. The molecule has 0 saturated carbocycles. The maximum absolute atomic E-state index is 11.7. The summed E-state index contributed by atoms with van der Waals surface area (Å²) in [4.78, 5) is 11.7. The van der Waals surface area contributed by atoms with Gasteiger partial charge in [0, 0.05) is 29.6 Å². The van der Waals surface area contributed by atoms with Crippen molar-refractivity contribution in [1.82, 2.24) is 5.32 Å². The quantitative estimate of drug-likeness (QED) is 0.874. The molecule has 1 aromatic heterocycles. The number of fused-ring (bicyclic) bond motifs is 1. The summed E-state index contributed by atoms with van der Waals surface area (Å²) in [5.74, 6) is 1.50. The van der Waals surface area contributed by atoms with Crippen molar-refractivity contribution in [3.05, 3.63) is 35.1 Å². The first-order chi connectivity index (χ1) is 9.97. The molecule has 0 fully saturated rings. The van der Waals surface area contributed by atoms with Gasteiger partial charge in [-0.3, -0.25) is 4.79 Å². The minimum Gasteiger partial charge on any atom is -0.496 e. The van der Waals surface area contributed by atoms with Crippen molar-refractivity contribution >= 4 is 22.4 Å². The Balaban J connectivity index is 2.56. The van der Waals surface area contributed by atoms with E-state index >= 15 is 0 Å². The number of hydrogen-bond donors (Lipinski definition) is 1. The molecule has 4 heteroatoms. The number of hydrogen-bond acceptors (Lipinski definition) is 3. The SMILES string of the molecule is CCNC(=O)/C=C(\C)c1cc2c(C)c(C)oc2cc1OC. The summed E-state index contributed by atoms with van der Waals surface area (Å²) >= 11 is 0. The zero-order valence-corrected chi connectivity index (χ0v) is 13.2. The Bertz CT molecular complexity index is 710. The van der Waals surface area contributed by atoms with E-state index in [2.05, 4.69) is 5.32 Å². The molecule has 0 aliphatic rings. The first-order valence-corrected chi connectivity index (χ1v) is 7.02. The van der Waals surface area contributed by atoms with Crippen LogP contribution in [0, 0.1) is 13.8 Å². The Morgan fingerprint density at radius 2 is 2.10 bits per heavy atom. The fourth-order valence-electron chi connectivity index (χ4n) is 2.35. The van der Waals surface area contributed by atoms with Gasteiger partial charge in [0.1, 0.15) is 17.1 Å². The lowest BCUT2D eigenvalue weighted by Gasteiger charge is -2.09. The molecule has 112 valence electrons. The van der Waals surface area contributed by atoms with Crippen molar-refractivity contribution in [2.45, 2.75) is 27.7 Å². The number of methoxy groups -OCH3 is 1. The second-order valence-electron chi connectivity index (χ2n) is 5.05. The Morgan fingerprint density at radius 1 is 1.38 bits per heavy atom. The summed E-state index contributed by atoms with van der Waals surface area (Å²) in [5, 5.41) is 3.81. The van der Waals surface area contributed by atoms with E-state index < -0.39 is 0 Å². The number of benzene rings is 1. The zero-order chi connectivity index (χ0) is 15.6. The molecule has 1 amide bonds. The van der Waals surface area contributed by atoms with Gasteiger partial charge in [-0.25, -0.2) is 0 Å². The standard InChI is InChI=1S/C17H21NO3/c1-6-18-17(19)7-10(2)13-8-14-11(3)12(4)21-16(14)9-15(13)20-5/h7-9H,6H2,1-5H3,(H,18,19)/b10-7+.